The standard InChI is InChI=1S/C21H25N3O6S/c1-14(16-8-7-15-5-4-6-17(15)11-16)22-21(25)13-23(31(3,28)29)19-12-18(24(26)27)9-10-20(19)30-2/h7-12,14H,4-6,13H2,1-3H3,(H,22,25). The van der Waals surface area contributed by atoms with Gasteiger partial charge >= 0.3 is 0 Å². The zero-order valence-corrected chi connectivity index (χ0v) is 18.4. The molecule has 1 N–H and O–H groups in total. The number of nitro groups is 1. The summed E-state index contributed by atoms with van der Waals surface area (Å²) in [4.78, 5) is 23.2. The Morgan fingerprint density at radius 2 is 1.94 bits per heavy atom. The van der Waals surface area contributed by atoms with Crippen LogP contribution in [0.2, 0.25) is 0 Å². The van der Waals surface area contributed by atoms with Crippen molar-refractivity contribution in [2.24, 2.45) is 0 Å². The van der Waals surface area contributed by atoms with E-state index in [0.717, 1.165) is 41.5 Å². The molecule has 0 radical (unpaired) electrons. The number of anilines is 1. The molecule has 0 fully saturated rings. The Hall–Kier alpha value is -3.14. The molecule has 1 aliphatic rings. The summed E-state index contributed by atoms with van der Waals surface area (Å²) in [7, 11) is -2.61. The number of rotatable bonds is 8. The minimum Gasteiger partial charge on any atom is -0.495 e. The highest BCUT2D eigenvalue weighted by molar-refractivity contribution is 7.92. The number of ether oxygens (including phenoxy) is 1. The first kappa shape index (κ1) is 22.5. The van der Waals surface area contributed by atoms with Gasteiger partial charge in [-0.25, -0.2) is 8.42 Å². The van der Waals surface area contributed by atoms with E-state index in [-0.39, 0.29) is 23.2 Å². The molecule has 0 aromatic heterocycles. The first-order chi connectivity index (χ1) is 14.6. The number of hydrogen-bond acceptors (Lipinski definition) is 6. The molecule has 9 nitrogen and oxygen atoms in total. The molecule has 1 aliphatic carbocycles. The van der Waals surface area contributed by atoms with Gasteiger partial charge in [-0.2, -0.15) is 0 Å². The van der Waals surface area contributed by atoms with Crippen molar-refractivity contribution < 1.29 is 22.9 Å². The topological polar surface area (TPSA) is 119 Å². The number of methoxy groups -OCH3 is 1. The van der Waals surface area contributed by atoms with Crippen LogP contribution < -0.4 is 14.4 Å². The monoisotopic (exact) mass is 447 g/mol. The van der Waals surface area contributed by atoms with E-state index in [1.54, 1.807) is 0 Å². The summed E-state index contributed by atoms with van der Waals surface area (Å²) in [5, 5.41) is 14.0. The zero-order chi connectivity index (χ0) is 22.8. The van der Waals surface area contributed by atoms with Crippen molar-refractivity contribution in [1.29, 1.82) is 0 Å². The molecule has 2 aromatic rings. The second-order valence-electron chi connectivity index (χ2n) is 7.55. The Bertz CT molecular complexity index is 1120. The summed E-state index contributed by atoms with van der Waals surface area (Å²) < 4.78 is 30.8. The molecule has 3 rings (SSSR count). The van der Waals surface area contributed by atoms with Gasteiger partial charge in [-0.3, -0.25) is 19.2 Å². The predicted octanol–water partition coefficient (Wildman–Crippen LogP) is 2.74. The number of fused-ring (bicyclic) bond motifs is 1. The number of non-ortho nitro benzene ring substituents is 1. The summed E-state index contributed by atoms with van der Waals surface area (Å²) in [6.07, 6.45) is 4.12. The molecule has 0 spiro atoms. The number of aryl methyl sites for hydroxylation is 2. The SMILES string of the molecule is COc1ccc([N+](=O)[O-])cc1N(CC(=O)NC(C)c1ccc2c(c1)CCC2)S(C)(=O)=O. The van der Waals surface area contributed by atoms with Crippen molar-refractivity contribution in [1.82, 2.24) is 5.32 Å². The molecule has 0 aliphatic heterocycles. The molecule has 1 amide bonds. The smallest absolute Gasteiger partial charge is 0.271 e. The quantitative estimate of drug-likeness (QED) is 0.491. The van der Waals surface area contributed by atoms with E-state index < -0.39 is 27.4 Å². The molecule has 1 unspecified atom stereocenters. The second-order valence-corrected chi connectivity index (χ2v) is 9.46. The first-order valence-electron chi connectivity index (χ1n) is 9.81. The number of benzene rings is 2. The van der Waals surface area contributed by atoms with Crippen LogP contribution in [0.15, 0.2) is 36.4 Å². The van der Waals surface area contributed by atoms with Crippen molar-refractivity contribution in [3.8, 4) is 5.75 Å². The molecule has 0 saturated carbocycles. The number of carbonyl (C=O) groups excluding carboxylic acids is 1. The van der Waals surface area contributed by atoms with E-state index in [4.69, 9.17) is 4.74 Å². The largest absolute Gasteiger partial charge is 0.495 e. The van der Waals surface area contributed by atoms with Gasteiger partial charge in [0.1, 0.15) is 18.0 Å². The zero-order valence-electron chi connectivity index (χ0n) is 17.6. The number of nitrogens with one attached hydrogen (secondary N) is 1. The lowest BCUT2D eigenvalue weighted by atomic mass is 10.0. The van der Waals surface area contributed by atoms with Crippen molar-refractivity contribution in [3.05, 3.63) is 63.2 Å². The maximum atomic E-state index is 12.7. The average Bonchev–Trinajstić information content (AvgIpc) is 3.18. The van der Waals surface area contributed by atoms with Crippen LogP contribution >= 0.6 is 0 Å². The van der Waals surface area contributed by atoms with Crippen LogP contribution in [-0.2, 0) is 27.7 Å². The van der Waals surface area contributed by atoms with Crippen LogP contribution in [0.3, 0.4) is 0 Å². The first-order valence-corrected chi connectivity index (χ1v) is 11.7. The van der Waals surface area contributed by atoms with Gasteiger partial charge in [-0.05, 0) is 48.9 Å². The fourth-order valence-corrected chi connectivity index (χ4v) is 4.58. The number of carbonyl (C=O) groups is 1. The maximum Gasteiger partial charge on any atom is 0.271 e. The fraction of sp³-hybridized carbons (Fsp3) is 0.381. The highest BCUT2D eigenvalue weighted by atomic mass is 32.2. The second kappa shape index (κ2) is 8.93. The van der Waals surface area contributed by atoms with Gasteiger partial charge in [0.15, 0.2) is 0 Å². The lowest BCUT2D eigenvalue weighted by molar-refractivity contribution is -0.384. The molecule has 1 atom stereocenters. The lowest BCUT2D eigenvalue weighted by Crippen LogP contribution is -2.41. The van der Waals surface area contributed by atoms with Gasteiger partial charge in [-0.15, -0.1) is 0 Å². The summed E-state index contributed by atoms with van der Waals surface area (Å²) in [5.41, 5.74) is 3.16. The third-order valence-electron chi connectivity index (χ3n) is 5.33. The molecule has 0 saturated heterocycles. The van der Waals surface area contributed by atoms with Crippen LogP contribution in [0.25, 0.3) is 0 Å². The molecule has 10 heteroatoms. The molecule has 0 bridgehead atoms. The highest BCUT2D eigenvalue weighted by Crippen LogP contribution is 2.33. The number of amides is 1. The Kier molecular flexibility index (Phi) is 6.49. The van der Waals surface area contributed by atoms with Gasteiger partial charge in [0.05, 0.1) is 24.3 Å². The third kappa shape index (κ3) is 5.13. The van der Waals surface area contributed by atoms with Gasteiger partial charge < -0.3 is 10.1 Å². The third-order valence-corrected chi connectivity index (χ3v) is 6.46. The average molecular weight is 448 g/mol. The summed E-state index contributed by atoms with van der Waals surface area (Å²) in [5.74, 6) is -0.428. The van der Waals surface area contributed by atoms with Crippen molar-refractivity contribution in [3.63, 3.8) is 0 Å². The van der Waals surface area contributed by atoms with Crippen molar-refractivity contribution in [2.75, 3.05) is 24.2 Å². The number of hydrogen-bond donors (Lipinski definition) is 1. The minimum absolute atomic E-state index is 0.0699. The summed E-state index contributed by atoms with van der Waals surface area (Å²) in [6.45, 7) is 1.29. The van der Waals surface area contributed by atoms with E-state index in [2.05, 4.69) is 17.4 Å². The fourth-order valence-electron chi connectivity index (χ4n) is 3.73. The number of nitrogens with zero attached hydrogens (tertiary/aromatic N) is 2. The molecule has 31 heavy (non-hydrogen) atoms. The lowest BCUT2D eigenvalue weighted by Gasteiger charge is -2.24. The van der Waals surface area contributed by atoms with Crippen LogP contribution in [0.1, 0.15) is 36.1 Å². The van der Waals surface area contributed by atoms with Gasteiger partial charge in [0, 0.05) is 12.1 Å². The van der Waals surface area contributed by atoms with E-state index in [0.29, 0.717) is 0 Å². The van der Waals surface area contributed by atoms with Crippen molar-refractivity contribution >= 4 is 27.3 Å². The Balaban J connectivity index is 1.83. The van der Waals surface area contributed by atoms with E-state index in [1.807, 2.05) is 13.0 Å². The van der Waals surface area contributed by atoms with Gasteiger partial charge in [0.2, 0.25) is 15.9 Å². The molecule has 2 aromatic carbocycles. The Morgan fingerprint density at radius 3 is 2.58 bits per heavy atom. The number of sulfonamides is 1. The van der Waals surface area contributed by atoms with Crippen LogP contribution in [0.4, 0.5) is 11.4 Å². The van der Waals surface area contributed by atoms with Crippen LogP contribution in [-0.4, -0.2) is 39.2 Å². The van der Waals surface area contributed by atoms with Gasteiger partial charge in [-0.1, -0.05) is 18.2 Å². The Labute approximate surface area is 181 Å². The normalized spacial score (nSPS) is 13.9. The van der Waals surface area contributed by atoms with Crippen LogP contribution in [0.5, 0.6) is 5.75 Å². The van der Waals surface area contributed by atoms with E-state index in [1.165, 1.54) is 30.4 Å². The number of nitro benzene ring substituents is 1. The molecular formula is C21H25N3O6S. The molecular weight excluding hydrogens is 422 g/mol. The maximum absolute atomic E-state index is 12.7. The predicted molar refractivity (Wildman–Crippen MR) is 117 cm³/mol. The van der Waals surface area contributed by atoms with Crippen molar-refractivity contribution in [2.45, 2.75) is 32.2 Å². The van der Waals surface area contributed by atoms with Crippen LogP contribution in [0, 0.1) is 10.1 Å². The van der Waals surface area contributed by atoms with E-state index in [9.17, 15) is 23.3 Å². The molecule has 166 valence electrons. The molecule has 0 heterocycles. The highest BCUT2D eigenvalue weighted by Gasteiger charge is 2.27. The summed E-state index contributed by atoms with van der Waals surface area (Å²) in [6, 6.07) is 9.37. The Morgan fingerprint density at radius 1 is 1.23 bits per heavy atom. The van der Waals surface area contributed by atoms with Gasteiger partial charge in [0.25, 0.3) is 5.69 Å². The summed E-state index contributed by atoms with van der Waals surface area (Å²) >= 11 is 0. The minimum atomic E-state index is -3.93. The van der Waals surface area contributed by atoms with E-state index >= 15 is 0 Å².